The summed E-state index contributed by atoms with van der Waals surface area (Å²) in [5.41, 5.74) is 0.921. The van der Waals surface area contributed by atoms with E-state index in [0.29, 0.717) is 5.75 Å². The van der Waals surface area contributed by atoms with E-state index in [1.807, 2.05) is 13.0 Å². The van der Waals surface area contributed by atoms with Crippen molar-refractivity contribution in [2.24, 2.45) is 0 Å². The largest absolute Gasteiger partial charge is 0.487 e. The standard InChI is InChI=1S/C12H16FNO/c1-9-2-3-12(11(13)8-9)15-10-4-6-14-7-5-10/h2-3,8,10,14H,4-7H2,1H3. The molecule has 0 saturated carbocycles. The molecule has 0 amide bonds. The third-order valence-corrected chi connectivity index (χ3v) is 2.67. The summed E-state index contributed by atoms with van der Waals surface area (Å²) < 4.78 is 19.1. The molecule has 1 aliphatic heterocycles. The molecule has 1 aromatic rings. The molecule has 1 aromatic carbocycles. The normalized spacial score (nSPS) is 17.7. The van der Waals surface area contributed by atoms with Gasteiger partial charge in [-0.2, -0.15) is 0 Å². The van der Waals surface area contributed by atoms with Gasteiger partial charge in [-0.05, 0) is 50.6 Å². The van der Waals surface area contributed by atoms with Gasteiger partial charge in [0.25, 0.3) is 0 Å². The van der Waals surface area contributed by atoms with E-state index in [1.165, 1.54) is 6.07 Å². The SMILES string of the molecule is Cc1ccc(OC2CCNCC2)c(F)c1. The third kappa shape index (κ3) is 2.69. The number of rotatable bonds is 2. The Bertz CT molecular complexity index is 334. The lowest BCUT2D eigenvalue weighted by Gasteiger charge is -2.24. The lowest BCUT2D eigenvalue weighted by atomic mass is 10.1. The molecule has 82 valence electrons. The molecule has 1 fully saturated rings. The van der Waals surface area contributed by atoms with Gasteiger partial charge >= 0.3 is 0 Å². The quantitative estimate of drug-likeness (QED) is 0.806. The molecular weight excluding hydrogens is 193 g/mol. The maximum Gasteiger partial charge on any atom is 0.165 e. The van der Waals surface area contributed by atoms with Crippen molar-refractivity contribution in [2.45, 2.75) is 25.9 Å². The molecule has 0 aromatic heterocycles. The zero-order valence-corrected chi connectivity index (χ0v) is 8.92. The summed E-state index contributed by atoms with van der Waals surface area (Å²) in [5, 5.41) is 3.25. The molecule has 15 heavy (non-hydrogen) atoms. The minimum Gasteiger partial charge on any atom is -0.487 e. The summed E-state index contributed by atoms with van der Waals surface area (Å²) in [6.45, 7) is 3.79. The highest BCUT2D eigenvalue weighted by Gasteiger charge is 2.15. The zero-order valence-electron chi connectivity index (χ0n) is 8.92. The molecule has 0 aliphatic carbocycles. The summed E-state index contributed by atoms with van der Waals surface area (Å²) in [6.07, 6.45) is 2.06. The lowest BCUT2D eigenvalue weighted by molar-refractivity contribution is 0.156. The van der Waals surface area contributed by atoms with Gasteiger partial charge in [-0.25, -0.2) is 4.39 Å². The summed E-state index contributed by atoms with van der Waals surface area (Å²) in [7, 11) is 0. The highest BCUT2D eigenvalue weighted by atomic mass is 19.1. The van der Waals surface area contributed by atoms with E-state index in [1.54, 1.807) is 6.07 Å². The van der Waals surface area contributed by atoms with Gasteiger partial charge in [-0.15, -0.1) is 0 Å². The van der Waals surface area contributed by atoms with Crippen LogP contribution in [0.25, 0.3) is 0 Å². The molecule has 2 rings (SSSR count). The number of benzene rings is 1. The van der Waals surface area contributed by atoms with Crippen LogP contribution < -0.4 is 10.1 Å². The summed E-state index contributed by atoms with van der Waals surface area (Å²) in [6, 6.07) is 5.10. The Labute approximate surface area is 89.4 Å². The Balaban J connectivity index is 2.03. The van der Waals surface area contributed by atoms with Crippen molar-refractivity contribution in [1.82, 2.24) is 5.32 Å². The Morgan fingerprint density at radius 2 is 2.07 bits per heavy atom. The number of hydrogen-bond donors (Lipinski definition) is 1. The van der Waals surface area contributed by atoms with E-state index in [2.05, 4.69) is 5.32 Å². The smallest absolute Gasteiger partial charge is 0.165 e. The number of nitrogens with one attached hydrogen (secondary N) is 1. The van der Waals surface area contributed by atoms with Crippen LogP contribution in [-0.4, -0.2) is 19.2 Å². The van der Waals surface area contributed by atoms with Crippen LogP contribution in [0.1, 0.15) is 18.4 Å². The number of ether oxygens (including phenoxy) is 1. The first-order valence-corrected chi connectivity index (χ1v) is 5.39. The molecule has 1 saturated heterocycles. The van der Waals surface area contributed by atoms with Crippen molar-refractivity contribution in [3.8, 4) is 5.75 Å². The van der Waals surface area contributed by atoms with Crippen LogP contribution in [0, 0.1) is 12.7 Å². The van der Waals surface area contributed by atoms with E-state index in [-0.39, 0.29) is 11.9 Å². The first-order chi connectivity index (χ1) is 7.25. The van der Waals surface area contributed by atoms with Crippen LogP contribution in [-0.2, 0) is 0 Å². The number of piperidine rings is 1. The van der Waals surface area contributed by atoms with Crippen LogP contribution in [0.4, 0.5) is 4.39 Å². The van der Waals surface area contributed by atoms with Gasteiger partial charge in [0.15, 0.2) is 11.6 Å². The van der Waals surface area contributed by atoms with Crippen molar-refractivity contribution in [2.75, 3.05) is 13.1 Å². The number of aryl methyl sites for hydroxylation is 1. The van der Waals surface area contributed by atoms with E-state index in [9.17, 15) is 4.39 Å². The van der Waals surface area contributed by atoms with Gasteiger partial charge in [0.05, 0.1) is 0 Å². The molecule has 0 atom stereocenters. The molecule has 0 spiro atoms. The Hall–Kier alpha value is -1.09. The summed E-state index contributed by atoms with van der Waals surface area (Å²) >= 11 is 0. The first kappa shape index (κ1) is 10.4. The van der Waals surface area contributed by atoms with Crippen molar-refractivity contribution in [3.05, 3.63) is 29.6 Å². The van der Waals surface area contributed by atoms with Crippen molar-refractivity contribution in [1.29, 1.82) is 0 Å². The zero-order chi connectivity index (χ0) is 10.7. The van der Waals surface area contributed by atoms with E-state index < -0.39 is 0 Å². The van der Waals surface area contributed by atoms with Crippen LogP contribution in [0.3, 0.4) is 0 Å². The van der Waals surface area contributed by atoms with Crippen LogP contribution in [0.2, 0.25) is 0 Å². The fourth-order valence-corrected chi connectivity index (χ4v) is 1.79. The van der Waals surface area contributed by atoms with Gasteiger partial charge in [-0.3, -0.25) is 0 Å². The van der Waals surface area contributed by atoms with Crippen LogP contribution in [0.5, 0.6) is 5.75 Å². The Morgan fingerprint density at radius 3 is 2.73 bits per heavy atom. The Kier molecular flexibility index (Phi) is 3.21. The van der Waals surface area contributed by atoms with Gasteiger partial charge in [0, 0.05) is 0 Å². The van der Waals surface area contributed by atoms with Gasteiger partial charge < -0.3 is 10.1 Å². The molecule has 1 N–H and O–H groups in total. The van der Waals surface area contributed by atoms with E-state index in [0.717, 1.165) is 31.5 Å². The van der Waals surface area contributed by atoms with Gasteiger partial charge in [0.1, 0.15) is 6.10 Å². The fraction of sp³-hybridized carbons (Fsp3) is 0.500. The maximum absolute atomic E-state index is 13.5. The lowest BCUT2D eigenvalue weighted by Crippen LogP contribution is -2.34. The number of hydrogen-bond acceptors (Lipinski definition) is 2. The molecule has 2 nitrogen and oxygen atoms in total. The van der Waals surface area contributed by atoms with Crippen molar-refractivity contribution < 1.29 is 9.13 Å². The molecular formula is C12H16FNO. The van der Waals surface area contributed by atoms with Gasteiger partial charge in [-0.1, -0.05) is 6.07 Å². The average Bonchev–Trinajstić information content (AvgIpc) is 2.24. The highest BCUT2D eigenvalue weighted by Crippen LogP contribution is 2.21. The molecule has 3 heteroatoms. The molecule has 0 bridgehead atoms. The topological polar surface area (TPSA) is 21.3 Å². The highest BCUT2D eigenvalue weighted by molar-refractivity contribution is 5.28. The van der Waals surface area contributed by atoms with E-state index >= 15 is 0 Å². The molecule has 1 heterocycles. The summed E-state index contributed by atoms with van der Waals surface area (Å²) in [4.78, 5) is 0. The monoisotopic (exact) mass is 209 g/mol. The average molecular weight is 209 g/mol. The minimum atomic E-state index is -0.256. The minimum absolute atomic E-state index is 0.156. The first-order valence-electron chi connectivity index (χ1n) is 5.39. The van der Waals surface area contributed by atoms with Crippen LogP contribution >= 0.6 is 0 Å². The van der Waals surface area contributed by atoms with Gasteiger partial charge in [0.2, 0.25) is 0 Å². The maximum atomic E-state index is 13.5. The molecule has 1 aliphatic rings. The molecule has 0 radical (unpaired) electrons. The second-order valence-corrected chi connectivity index (χ2v) is 4.00. The summed E-state index contributed by atoms with van der Waals surface area (Å²) in [5.74, 6) is 0.126. The predicted octanol–water partition coefficient (Wildman–Crippen LogP) is 2.26. The second-order valence-electron chi connectivity index (χ2n) is 4.00. The van der Waals surface area contributed by atoms with E-state index in [4.69, 9.17) is 4.74 Å². The van der Waals surface area contributed by atoms with Crippen LogP contribution in [0.15, 0.2) is 18.2 Å². The predicted molar refractivity (Wildman–Crippen MR) is 57.7 cm³/mol. The Morgan fingerprint density at radius 1 is 1.33 bits per heavy atom. The van der Waals surface area contributed by atoms with Crippen molar-refractivity contribution in [3.63, 3.8) is 0 Å². The molecule has 0 unspecified atom stereocenters. The van der Waals surface area contributed by atoms with Crippen molar-refractivity contribution >= 4 is 0 Å². The number of halogens is 1. The second kappa shape index (κ2) is 4.62. The third-order valence-electron chi connectivity index (χ3n) is 2.67. The fourth-order valence-electron chi connectivity index (χ4n) is 1.79.